The van der Waals surface area contributed by atoms with Crippen molar-refractivity contribution in [3.05, 3.63) is 52.1 Å². The van der Waals surface area contributed by atoms with E-state index in [4.69, 9.17) is 5.73 Å². The van der Waals surface area contributed by atoms with E-state index in [9.17, 15) is 8.78 Å². The number of nitrogen functional groups attached to an aromatic ring is 1. The van der Waals surface area contributed by atoms with E-state index in [0.717, 1.165) is 28.2 Å². The molecule has 0 aliphatic heterocycles. The minimum Gasteiger partial charge on any atom is -0.383 e. The van der Waals surface area contributed by atoms with Crippen LogP contribution in [0, 0.1) is 18.6 Å². The van der Waals surface area contributed by atoms with Crippen LogP contribution in [-0.2, 0) is 0 Å². The number of benzene rings is 1. The minimum atomic E-state index is -0.558. The van der Waals surface area contributed by atoms with E-state index in [-0.39, 0.29) is 17.1 Å². The summed E-state index contributed by atoms with van der Waals surface area (Å²) in [5.74, 6) is -0.822. The van der Waals surface area contributed by atoms with E-state index >= 15 is 0 Å². The monoisotopic (exact) mass is 337 g/mol. The van der Waals surface area contributed by atoms with Gasteiger partial charge in [-0.25, -0.2) is 13.8 Å². The van der Waals surface area contributed by atoms with Crippen LogP contribution >= 0.6 is 15.9 Å². The molecule has 1 aromatic carbocycles. The van der Waals surface area contributed by atoms with Crippen LogP contribution < -0.4 is 5.73 Å². The lowest BCUT2D eigenvalue weighted by Crippen LogP contribution is -1.96. The molecule has 20 heavy (non-hydrogen) atoms. The summed E-state index contributed by atoms with van der Waals surface area (Å²) in [5, 5.41) is 0. The highest BCUT2D eigenvalue weighted by Crippen LogP contribution is 2.30. The largest absolute Gasteiger partial charge is 0.383 e. The summed E-state index contributed by atoms with van der Waals surface area (Å²) in [6.07, 6.45) is 1.76. The molecule has 3 rings (SSSR count). The van der Waals surface area contributed by atoms with Gasteiger partial charge in [-0.3, -0.25) is 4.40 Å². The molecule has 0 radical (unpaired) electrons. The summed E-state index contributed by atoms with van der Waals surface area (Å²) >= 11 is 3.40. The number of imidazole rings is 1. The number of hydrogen-bond donors (Lipinski definition) is 1. The Bertz CT molecular complexity index is 827. The van der Waals surface area contributed by atoms with E-state index in [1.807, 2.05) is 13.0 Å². The third kappa shape index (κ3) is 1.96. The fourth-order valence-electron chi connectivity index (χ4n) is 2.06. The fourth-order valence-corrected chi connectivity index (χ4v) is 2.37. The normalized spacial score (nSPS) is 11.2. The second-order valence-corrected chi connectivity index (χ2v) is 5.36. The highest BCUT2D eigenvalue weighted by molar-refractivity contribution is 9.10. The van der Waals surface area contributed by atoms with Gasteiger partial charge in [0.2, 0.25) is 0 Å². The van der Waals surface area contributed by atoms with Crippen LogP contribution in [0.25, 0.3) is 16.9 Å². The molecule has 2 heterocycles. The van der Waals surface area contributed by atoms with Gasteiger partial charge in [0.05, 0.1) is 0 Å². The third-order valence-electron chi connectivity index (χ3n) is 3.12. The van der Waals surface area contributed by atoms with Gasteiger partial charge in [0.25, 0.3) is 0 Å². The molecule has 3 aromatic rings. The molecule has 0 amide bonds. The number of nitrogens with zero attached hydrogens (tertiary/aromatic N) is 2. The summed E-state index contributed by atoms with van der Waals surface area (Å²) in [4.78, 5) is 4.30. The maximum absolute atomic E-state index is 13.8. The van der Waals surface area contributed by atoms with Crippen molar-refractivity contribution in [1.82, 2.24) is 9.38 Å². The van der Waals surface area contributed by atoms with Gasteiger partial charge in [0.1, 0.15) is 28.8 Å². The topological polar surface area (TPSA) is 43.3 Å². The van der Waals surface area contributed by atoms with E-state index < -0.39 is 11.6 Å². The molecule has 0 aliphatic rings. The van der Waals surface area contributed by atoms with Crippen molar-refractivity contribution in [2.45, 2.75) is 6.92 Å². The average molecular weight is 338 g/mol. The Hall–Kier alpha value is -1.95. The maximum atomic E-state index is 13.8. The van der Waals surface area contributed by atoms with Gasteiger partial charge in [-0.15, -0.1) is 0 Å². The zero-order chi connectivity index (χ0) is 14.4. The Morgan fingerprint density at radius 2 is 2.00 bits per heavy atom. The Labute approximate surface area is 122 Å². The minimum absolute atomic E-state index is 0.0555. The zero-order valence-corrected chi connectivity index (χ0v) is 12.1. The van der Waals surface area contributed by atoms with Crippen molar-refractivity contribution in [3.63, 3.8) is 0 Å². The van der Waals surface area contributed by atoms with Crippen molar-refractivity contribution in [2.24, 2.45) is 0 Å². The second kappa shape index (κ2) is 4.56. The quantitative estimate of drug-likeness (QED) is 0.731. The molecule has 102 valence electrons. The zero-order valence-electron chi connectivity index (χ0n) is 10.5. The van der Waals surface area contributed by atoms with Crippen molar-refractivity contribution in [2.75, 3.05) is 5.73 Å². The maximum Gasteiger partial charge on any atom is 0.139 e. The molecule has 2 N–H and O–H groups in total. The fraction of sp³-hybridized carbons (Fsp3) is 0.0714. The summed E-state index contributed by atoms with van der Waals surface area (Å²) in [6.45, 7) is 1.91. The van der Waals surface area contributed by atoms with Gasteiger partial charge in [-0.1, -0.05) is 0 Å². The summed E-state index contributed by atoms with van der Waals surface area (Å²) in [7, 11) is 0. The van der Waals surface area contributed by atoms with Gasteiger partial charge in [-0.2, -0.15) is 0 Å². The first kappa shape index (κ1) is 13.1. The van der Waals surface area contributed by atoms with Crippen LogP contribution in [0.2, 0.25) is 0 Å². The summed E-state index contributed by atoms with van der Waals surface area (Å²) in [6, 6.07) is 5.04. The average Bonchev–Trinajstić information content (AvgIpc) is 2.70. The predicted octanol–water partition coefficient (Wildman–Crippen LogP) is 3.93. The number of nitrogens with two attached hydrogens (primary N) is 1. The molecule has 0 fully saturated rings. The van der Waals surface area contributed by atoms with E-state index in [1.165, 1.54) is 0 Å². The van der Waals surface area contributed by atoms with Gasteiger partial charge in [0.15, 0.2) is 0 Å². The number of hydrogen-bond acceptors (Lipinski definition) is 2. The van der Waals surface area contributed by atoms with Gasteiger partial charge in [-0.05, 0) is 52.7 Å². The number of anilines is 1. The number of aryl methyl sites for hydroxylation is 1. The van der Waals surface area contributed by atoms with Crippen LogP contribution in [0.3, 0.4) is 0 Å². The Morgan fingerprint density at radius 1 is 1.25 bits per heavy atom. The first-order valence-electron chi connectivity index (χ1n) is 5.86. The van der Waals surface area contributed by atoms with Crippen LogP contribution in [-0.4, -0.2) is 9.38 Å². The summed E-state index contributed by atoms with van der Waals surface area (Å²) in [5.41, 5.74) is 7.86. The van der Waals surface area contributed by atoms with Gasteiger partial charge >= 0.3 is 0 Å². The van der Waals surface area contributed by atoms with Crippen LogP contribution in [0.5, 0.6) is 0 Å². The molecule has 0 aliphatic carbocycles. The van der Waals surface area contributed by atoms with Crippen LogP contribution in [0.1, 0.15) is 5.56 Å². The third-order valence-corrected chi connectivity index (χ3v) is 3.95. The molecule has 0 saturated heterocycles. The predicted molar refractivity (Wildman–Crippen MR) is 77.4 cm³/mol. The first-order valence-corrected chi connectivity index (χ1v) is 6.66. The summed E-state index contributed by atoms with van der Waals surface area (Å²) < 4.78 is 29.6. The van der Waals surface area contributed by atoms with Crippen LogP contribution in [0.4, 0.5) is 14.6 Å². The molecule has 2 aromatic heterocycles. The molecule has 0 spiro atoms. The lowest BCUT2D eigenvalue weighted by Gasteiger charge is -2.02. The van der Waals surface area contributed by atoms with Crippen molar-refractivity contribution in [1.29, 1.82) is 0 Å². The lowest BCUT2D eigenvalue weighted by atomic mass is 10.1. The number of rotatable bonds is 1. The molecule has 0 atom stereocenters. The van der Waals surface area contributed by atoms with Crippen molar-refractivity contribution in [3.8, 4) is 11.3 Å². The Morgan fingerprint density at radius 3 is 2.75 bits per heavy atom. The number of pyridine rings is 1. The number of aromatic nitrogens is 2. The standard InChI is InChI=1S/C14H10BrF2N3/c1-7-4-12-19-13(14(18)20(12)6-10(7)15)9-5-8(16)2-3-11(9)17/h2-6H,18H2,1H3. The molecule has 0 saturated carbocycles. The first-order chi connectivity index (χ1) is 9.47. The van der Waals surface area contributed by atoms with Crippen molar-refractivity contribution < 1.29 is 8.78 Å². The SMILES string of the molecule is Cc1cc2nc(-c3cc(F)ccc3F)c(N)n2cc1Br. The Balaban J connectivity index is 2.32. The highest BCUT2D eigenvalue weighted by atomic mass is 79.9. The second-order valence-electron chi connectivity index (χ2n) is 4.50. The molecule has 6 heteroatoms. The molecular formula is C14H10BrF2N3. The van der Waals surface area contributed by atoms with Crippen LogP contribution in [0.15, 0.2) is 34.9 Å². The molecule has 3 nitrogen and oxygen atoms in total. The van der Waals surface area contributed by atoms with E-state index in [0.29, 0.717) is 5.65 Å². The van der Waals surface area contributed by atoms with E-state index in [1.54, 1.807) is 10.6 Å². The number of fused-ring (bicyclic) bond motifs is 1. The molecular weight excluding hydrogens is 328 g/mol. The smallest absolute Gasteiger partial charge is 0.139 e. The molecule has 0 bridgehead atoms. The van der Waals surface area contributed by atoms with Gasteiger partial charge in [0, 0.05) is 16.2 Å². The molecule has 0 unspecified atom stereocenters. The lowest BCUT2D eigenvalue weighted by molar-refractivity contribution is 0.603. The number of halogens is 3. The van der Waals surface area contributed by atoms with Crippen molar-refractivity contribution >= 4 is 27.4 Å². The highest BCUT2D eigenvalue weighted by Gasteiger charge is 2.16. The van der Waals surface area contributed by atoms with E-state index in [2.05, 4.69) is 20.9 Å². The Kier molecular flexibility index (Phi) is 2.97. The van der Waals surface area contributed by atoms with Gasteiger partial charge < -0.3 is 5.73 Å².